The minimum absolute atomic E-state index is 0.833. The zero-order valence-electron chi connectivity index (χ0n) is 11.4. The van der Waals surface area contributed by atoms with Gasteiger partial charge in [-0.1, -0.05) is 40.7 Å². The van der Waals surface area contributed by atoms with E-state index in [2.05, 4.69) is 37.4 Å². The van der Waals surface area contributed by atoms with Crippen molar-refractivity contribution < 1.29 is 4.57 Å². The van der Waals surface area contributed by atoms with Crippen LogP contribution in [-0.4, -0.2) is 4.40 Å². The van der Waals surface area contributed by atoms with Crippen LogP contribution in [0.5, 0.6) is 0 Å². The summed E-state index contributed by atoms with van der Waals surface area (Å²) in [6.07, 6.45) is 6.16. The van der Waals surface area contributed by atoms with Gasteiger partial charge in [-0.25, -0.2) is 8.97 Å². The van der Waals surface area contributed by atoms with E-state index in [1.807, 2.05) is 50.1 Å². The van der Waals surface area contributed by atoms with Crippen molar-refractivity contribution in [1.29, 1.82) is 0 Å². The maximum atomic E-state index is 2.17. The molecule has 2 rings (SSSR count). The van der Waals surface area contributed by atoms with Crippen LogP contribution < -0.4 is 4.57 Å². The molecule has 0 amide bonds. The maximum Gasteiger partial charge on any atom is 0.248 e. The molecule has 0 atom stereocenters. The molecular formula is C14H25N2+. The Balaban J connectivity index is 0.000000323. The highest BCUT2D eigenvalue weighted by Crippen LogP contribution is 1.97. The fraction of sp³-hybridized carbons (Fsp3) is 0.500. The quantitative estimate of drug-likeness (QED) is 0.602. The molecule has 0 saturated heterocycles. The Labute approximate surface area is 99.5 Å². The Bertz CT molecular complexity index is 353. The number of hydrogen-bond donors (Lipinski definition) is 0. The molecule has 0 unspecified atom stereocenters. The highest BCUT2D eigenvalue weighted by Gasteiger charge is 1.98. The largest absolute Gasteiger partial charge is 0.248 e. The zero-order valence-corrected chi connectivity index (χ0v) is 11.4. The van der Waals surface area contributed by atoms with Gasteiger partial charge in [0.15, 0.2) is 5.52 Å². The van der Waals surface area contributed by atoms with Crippen LogP contribution in [-0.2, 0) is 7.05 Å². The van der Waals surface area contributed by atoms with Crippen LogP contribution in [0.1, 0.15) is 34.6 Å². The number of fused-ring (bicyclic) bond motifs is 1. The van der Waals surface area contributed by atoms with Gasteiger partial charge in [-0.3, -0.25) is 0 Å². The molecule has 0 aliphatic carbocycles. The molecule has 0 fully saturated rings. The molecule has 2 heterocycles. The smallest absolute Gasteiger partial charge is 0.239 e. The van der Waals surface area contributed by atoms with Crippen molar-refractivity contribution in [2.75, 3.05) is 0 Å². The Morgan fingerprint density at radius 3 is 2.19 bits per heavy atom. The summed E-state index contributed by atoms with van der Waals surface area (Å²) in [7, 11) is 2.02. The second-order valence-corrected chi connectivity index (χ2v) is 4.17. The molecule has 0 radical (unpaired) electrons. The minimum atomic E-state index is 0.833. The summed E-state index contributed by atoms with van der Waals surface area (Å²) >= 11 is 0. The Morgan fingerprint density at radius 2 is 1.69 bits per heavy atom. The van der Waals surface area contributed by atoms with Crippen molar-refractivity contribution in [2.24, 2.45) is 13.0 Å². The van der Waals surface area contributed by atoms with Gasteiger partial charge >= 0.3 is 0 Å². The van der Waals surface area contributed by atoms with Crippen LogP contribution in [0.3, 0.4) is 0 Å². The van der Waals surface area contributed by atoms with Crippen LogP contribution in [0.25, 0.3) is 5.52 Å². The lowest BCUT2D eigenvalue weighted by Gasteiger charge is -1.79. The fourth-order valence-electron chi connectivity index (χ4n) is 1.12. The van der Waals surface area contributed by atoms with Crippen molar-refractivity contribution in [3.8, 4) is 0 Å². The third kappa shape index (κ3) is 5.54. The van der Waals surface area contributed by atoms with Crippen LogP contribution in [0.2, 0.25) is 0 Å². The number of aryl methyl sites for hydroxylation is 1. The van der Waals surface area contributed by atoms with Gasteiger partial charge < -0.3 is 0 Å². The molecule has 2 nitrogen and oxygen atoms in total. The van der Waals surface area contributed by atoms with E-state index < -0.39 is 0 Å². The minimum Gasteiger partial charge on any atom is -0.239 e. The summed E-state index contributed by atoms with van der Waals surface area (Å²) in [6.45, 7) is 10.5. The first-order valence-corrected chi connectivity index (χ1v) is 6.01. The molecule has 0 spiro atoms. The molecular weight excluding hydrogens is 196 g/mol. The average Bonchev–Trinajstić information content (AvgIpc) is 2.60. The predicted octanol–water partition coefficient (Wildman–Crippen LogP) is 3.45. The summed E-state index contributed by atoms with van der Waals surface area (Å²) in [5.74, 6) is 0.833. The highest BCUT2D eigenvalue weighted by atomic mass is 15.1. The van der Waals surface area contributed by atoms with Crippen LogP contribution >= 0.6 is 0 Å². The number of pyridine rings is 1. The molecule has 2 aromatic heterocycles. The first-order valence-electron chi connectivity index (χ1n) is 6.01. The highest BCUT2D eigenvalue weighted by molar-refractivity contribution is 5.41. The average molecular weight is 221 g/mol. The third-order valence-corrected chi connectivity index (χ3v) is 1.57. The van der Waals surface area contributed by atoms with Gasteiger partial charge in [0, 0.05) is 0 Å². The molecule has 16 heavy (non-hydrogen) atoms. The van der Waals surface area contributed by atoms with Gasteiger partial charge in [0.2, 0.25) is 6.33 Å². The normalized spacial score (nSPS) is 9.19. The fourth-order valence-corrected chi connectivity index (χ4v) is 1.12. The van der Waals surface area contributed by atoms with Crippen molar-refractivity contribution in [3.63, 3.8) is 0 Å². The zero-order chi connectivity index (χ0) is 12.6. The molecule has 2 heteroatoms. The van der Waals surface area contributed by atoms with E-state index in [-0.39, 0.29) is 0 Å². The van der Waals surface area contributed by atoms with E-state index in [0.29, 0.717) is 0 Å². The summed E-state index contributed by atoms with van der Waals surface area (Å²) in [4.78, 5) is 0. The predicted molar refractivity (Wildman–Crippen MR) is 70.4 cm³/mol. The molecule has 2 aromatic rings. The van der Waals surface area contributed by atoms with Gasteiger partial charge in [-0.15, -0.1) is 0 Å². The Hall–Kier alpha value is -1.31. The van der Waals surface area contributed by atoms with E-state index in [4.69, 9.17) is 0 Å². The standard InChI is InChI=1S/C8H9N2.C4H10.C2H6/c1-9-6-8-4-2-3-5-10(8)7-9;1-4(2)3;1-2/h2-7H,1H3;4H,1-3H3;1-2H3/q+1;;. The monoisotopic (exact) mass is 221 g/mol. The van der Waals surface area contributed by atoms with Crippen LogP contribution in [0, 0.1) is 5.92 Å². The van der Waals surface area contributed by atoms with E-state index in [1.54, 1.807) is 0 Å². The summed E-state index contributed by atoms with van der Waals surface area (Å²) in [6, 6.07) is 6.14. The molecule has 0 bridgehead atoms. The second kappa shape index (κ2) is 7.91. The SMILES string of the molecule is CC.CC(C)C.C[n+]1cc2ccccn2c1. The lowest BCUT2D eigenvalue weighted by atomic mass is 10.3. The molecule has 0 N–H and O–H groups in total. The van der Waals surface area contributed by atoms with Crippen LogP contribution in [0.15, 0.2) is 36.9 Å². The van der Waals surface area contributed by atoms with E-state index in [1.165, 1.54) is 5.52 Å². The van der Waals surface area contributed by atoms with E-state index in [0.717, 1.165) is 5.92 Å². The Kier molecular flexibility index (Phi) is 7.27. The number of aromatic nitrogens is 2. The first kappa shape index (κ1) is 14.7. The van der Waals surface area contributed by atoms with E-state index >= 15 is 0 Å². The van der Waals surface area contributed by atoms with Gasteiger partial charge in [0.25, 0.3) is 0 Å². The van der Waals surface area contributed by atoms with Gasteiger partial charge in [0.1, 0.15) is 6.20 Å². The molecule has 0 saturated carbocycles. The molecule has 0 aromatic carbocycles. The summed E-state index contributed by atoms with van der Waals surface area (Å²) in [5, 5.41) is 0. The van der Waals surface area contributed by atoms with Crippen molar-refractivity contribution in [1.82, 2.24) is 4.40 Å². The van der Waals surface area contributed by atoms with Crippen molar-refractivity contribution in [3.05, 3.63) is 36.9 Å². The number of nitrogens with zero attached hydrogens (tertiary/aromatic N) is 2. The van der Waals surface area contributed by atoms with Gasteiger partial charge in [-0.05, 0) is 18.1 Å². The second-order valence-electron chi connectivity index (χ2n) is 4.17. The van der Waals surface area contributed by atoms with Crippen molar-refractivity contribution in [2.45, 2.75) is 34.6 Å². The molecule has 0 aliphatic heterocycles. The molecule has 0 aliphatic rings. The maximum absolute atomic E-state index is 2.17. The Morgan fingerprint density at radius 1 is 1.12 bits per heavy atom. The number of rotatable bonds is 0. The topological polar surface area (TPSA) is 8.29 Å². The van der Waals surface area contributed by atoms with Gasteiger partial charge in [0.05, 0.1) is 13.2 Å². The lowest BCUT2D eigenvalue weighted by molar-refractivity contribution is -0.670. The first-order chi connectivity index (χ1) is 7.59. The van der Waals surface area contributed by atoms with Crippen molar-refractivity contribution >= 4 is 5.52 Å². The molecule has 90 valence electrons. The lowest BCUT2D eigenvalue weighted by Crippen LogP contribution is -2.23. The van der Waals surface area contributed by atoms with E-state index in [9.17, 15) is 0 Å². The van der Waals surface area contributed by atoms with Crippen LogP contribution in [0.4, 0.5) is 0 Å². The summed E-state index contributed by atoms with van der Waals surface area (Å²) < 4.78 is 4.12. The number of hydrogen-bond acceptors (Lipinski definition) is 0. The summed E-state index contributed by atoms with van der Waals surface area (Å²) in [5.41, 5.74) is 1.23. The number of imidazole rings is 1. The van der Waals surface area contributed by atoms with Gasteiger partial charge in [-0.2, -0.15) is 0 Å². The third-order valence-electron chi connectivity index (χ3n) is 1.57.